The molecule has 0 aliphatic heterocycles. The Hall–Kier alpha value is -1.49. The highest BCUT2D eigenvalue weighted by Crippen LogP contribution is 2.45. The zero-order chi connectivity index (χ0) is 13.9. The fourth-order valence-corrected chi connectivity index (χ4v) is 2.91. The number of nitrogens with two attached hydrogens (primary N) is 1. The Morgan fingerprint density at radius 2 is 2.32 bits per heavy atom. The second-order valence-electron chi connectivity index (χ2n) is 5.29. The van der Waals surface area contributed by atoms with E-state index in [0.717, 1.165) is 25.0 Å². The lowest BCUT2D eigenvalue weighted by Crippen LogP contribution is -2.56. The summed E-state index contributed by atoms with van der Waals surface area (Å²) in [5.74, 6) is 0.483. The number of hydrogen-bond donors (Lipinski definition) is 2. The van der Waals surface area contributed by atoms with Crippen LogP contribution >= 0.6 is 12.2 Å². The van der Waals surface area contributed by atoms with E-state index < -0.39 is 5.41 Å². The lowest BCUT2D eigenvalue weighted by Gasteiger charge is -2.44. The maximum Gasteiger partial charge on any atom is 0.233 e. The first-order valence-electron chi connectivity index (χ1n) is 6.53. The molecule has 4 nitrogen and oxygen atoms in total. The van der Waals surface area contributed by atoms with E-state index in [1.54, 1.807) is 6.20 Å². The van der Waals surface area contributed by atoms with Gasteiger partial charge < -0.3 is 11.1 Å². The van der Waals surface area contributed by atoms with Crippen LogP contribution in [0.5, 0.6) is 0 Å². The highest BCUT2D eigenvalue weighted by atomic mass is 32.1. The van der Waals surface area contributed by atoms with Crippen LogP contribution in [0.1, 0.15) is 25.5 Å². The van der Waals surface area contributed by atoms with Gasteiger partial charge in [0.15, 0.2) is 0 Å². The monoisotopic (exact) mass is 277 g/mol. The number of nitrogens with zero attached hydrogens (tertiary/aromatic N) is 1. The molecule has 1 amide bonds. The molecule has 2 rings (SSSR count). The van der Waals surface area contributed by atoms with Gasteiger partial charge in [-0.25, -0.2) is 0 Å². The van der Waals surface area contributed by atoms with Crippen molar-refractivity contribution in [2.24, 2.45) is 17.1 Å². The first-order chi connectivity index (χ1) is 9.04. The lowest BCUT2D eigenvalue weighted by molar-refractivity contribution is -0.132. The van der Waals surface area contributed by atoms with Crippen LogP contribution in [-0.2, 0) is 11.2 Å². The molecule has 0 spiro atoms. The molecular weight excluding hydrogens is 258 g/mol. The highest BCUT2D eigenvalue weighted by Gasteiger charge is 2.50. The summed E-state index contributed by atoms with van der Waals surface area (Å²) in [6.45, 7) is 2.67. The normalized spacial score (nSPS) is 25.4. The molecule has 1 aliphatic rings. The van der Waals surface area contributed by atoms with E-state index in [4.69, 9.17) is 18.0 Å². The third-order valence-electron chi connectivity index (χ3n) is 3.69. The topological polar surface area (TPSA) is 68.0 Å². The molecule has 0 atom stereocenters. The maximum absolute atomic E-state index is 12.2. The SMILES string of the molecule is CC1CC(C(=O)NCCc2ccccn2)(C(N)=S)C1. The molecule has 1 aromatic rings. The summed E-state index contributed by atoms with van der Waals surface area (Å²) in [5, 5.41) is 2.93. The van der Waals surface area contributed by atoms with E-state index >= 15 is 0 Å². The van der Waals surface area contributed by atoms with Crippen molar-refractivity contribution in [3.05, 3.63) is 30.1 Å². The molecule has 1 aliphatic carbocycles. The van der Waals surface area contributed by atoms with E-state index in [9.17, 15) is 4.79 Å². The van der Waals surface area contributed by atoms with Crippen LogP contribution in [0.4, 0.5) is 0 Å². The molecule has 0 aromatic carbocycles. The summed E-state index contributed by atoms with van der Waals surface area (Å²) < 4.78 is 0. The zero-order valence-electron chi connectivity index (χ0n) is 11.1. The smallest absolute Gasteiger partial charge is 0.233 e. The van der Waals surface area contributed by atoms with Crippen LogP contribution < -0.4 is 11.1 Å². The van der Waals surface area contributed by atoms with Crippen molar-refractivity contribution < 1.29 is 4.79 Å². The summed E-state index contributed by atoms with van der Waals surface area (Å²) in [6, 6.07) is 5.76. The van der Waals surface area contributed by atoms with E-state index in [1.165, 1.54) is 0 Å². The minimum absolute atomic E-state index is 0.0333. The van der Waals surface area contributed by atoms with Crippen molar-refractivity contribution in [1.82, 2.24) is 10.3 Å². The standard InChI is InChI=1S/C14H19N3OS/c1-10-8-14(9-10,12(15)19)13(18)17-7-5-11-4-2-3-6-16-11/h2-4,6,10H,5,7-9H2,1H3,(H2,15,19)(H,17,18). The number of amides is 1. The van der Waals surface area contributed by atoms with Gasteiger partial charge in [-0.05, 0) is 30.9 Å². The van der Waals surface area contributed by atoms with Crippen molar-refractivity contribution in [3.8, 4) is 0 Å². The average Bonchev–Trinajstić information content (AvgIpc) is 2.35. The molecule has 19 heavy (non-hydrogen) atoms. The molecule has 0 saturated heterocycles. The molecular formula is C14H19N3OS. The fourth-order valence-electron chi connectivity index (χ4n) is 2.65. The van der Waals surface area contributed by atoms with Crippen molar-refractivity contribution in [1.29, 1.82) is 0 Å². The number of aromatic nitrogens is 1. The first kappa shape index (κ1) is 13.9. The summed E-state index contributed by atoms with van der Waals surface area (Å²) in [5.41, 5.74) is 6.09. The Kier molecular flexibility index (Phi) is 4.14. The van der Waals surface area contributed by atoms with Gasteiger partial charge in [-0.1, -0.05) is 25.2 Å². The fraction of sp³-hybridized carbons (Fsp3) is 0.500. The predicted molar refractivity (Wildman–Crippen MR) is 78.6 cm³/mol. The number of rotatable bonds is 5. The molecule has 1 fully saturated rings. The number of hydrogen-bond acceptors (Lipinski definition) is 3. The second-order valence-corrected chi connectivity index (χ2v) is 5.73. The van der Waals surface area contributed by atoms with Crippen molar-refractivity contribution in [2.75, 3.05) is 6.54 Å². The molecule has 5 heteroatoms. The van der Waals surface area contributed by atoms with Crippen molar-refractivity contribution >= 4 is 23.1 Å². The zero-order valence-corrected chi connectivity index (χ0v) is 11.9. The van der Waals surface area contributed by atoms with Crippen molar-refractivity contribution in [2.45, 2.75) is 26.2 Å². The van der Waals surface area contributed by atoms with Crippen LogP contribution in [0.15, 0.2) is 24.4 Å². The summed E-state index contributed by atoms with van der Waals surface area (Å²) in [6.07, 6.45) is 3.99. The molecule has 1 saturated carbocycles. The predicted octanol–water partition coefficient (Wildman–Crippen LogP) is 1.44. The van der Waals surface area contributed by atoms with Crippen LogP contribution in [0, 0.1) is 11.3 Å². The molecule has 1 aromatic heterocycles. The van der Waals surface area contributed by atoms with Gasteiger partial charge in [-0.2, -0.15) is 0 Å². The van der Waals surface area contributed by atoms with Gasteiger partial charge in [0.1, 0.15) is 0 Å². The third-order valence-corrected chi connectivity index (χ3v) is 4.08. The highest BCUT2D eigenvalue weighted by molar-refractivity contribution is 7.80. The molecule has 0 radical (unpaired) electrons. The lowest BCUT2D eigenvalue weighted by atomic mass is 9.62. The van der Waals surface area contributed by atoms with Crippen LogP contribution in [-0.4, -0.2) is 22.4 Å². The maximum atomic E-state index is 12.2. The largest absolute Gasteiger partial charge is 0.392 e. The Bertz CT molecular complexity index is 469. The minimum Gasteiger partial charge on any atom is -0.392 e. The van der Waals surface area contributed by atoms with E-state index in [-0.39, 0.29) is 5.91 Å². The van der Waals surface area contributed by atoms with Crippen LogP contribution in [0.25, 0.3) is 0 Å². The third kappa shape index (κ3) is 2.92. The van der Waals surface area contributed by atoms with Crippen LogP contribution in [0.3, 0.4) is 0 Å². The van der Waals surface area contributed by atoms with Crippen LogP contribution in [0.2, 0.25) is 0 Å². The molecule has 3 N–H and O–H groups in total. The number of carbonyl (C=O) groups excluding carboxylic acids is 1. The number of thiocarbonyl (C=S) groups is 1. The van der Waals surface area contributed by atoms with Gasteiger partial charge in [0, 0.05) is 24.9 Å². The van der Waals surface area contributed by atoms with Gasteiger partial charge in [-0.3, -0.25) is 9.78 Å². The minimum atomic E-state index is -0.612. The number of nitrogens with one attached hydrogen (secondary N) is 1. The molecule has 0 unspecified atom stereocenters. The van der Waals surface area contributed by atoms with Gasteiger partial charge in [-0.15, -0.1) is 0 Å². The first-order valence-corrected chi connectivity index (χ1v) is 6.93. The number of pyridine rings is 1. The molecule has 0 bridgehead atoms. The van der Waals surface area contributed by atoms with E-state index in [2.05, 4.69) is 17.2 Å². The van der Waals surface area contributed by atoms with Gasteiger partial charge >= 0.3 is 0 Å². The van der Waals surface area contributed by atoms with E-state index in [1.807, 2.05) is 18.2 Å². The number of carbonyl (C=O) groups is 1. The van der Waals surface area contributed by atoms with Gasteiger partial charge in [0.05, 0.1) is 10.4 Å². The molecule has 1 heterocycles. The Morgan fingerprint density at radius 3 is 2.84 bits per heavy atom. The Labute approximate surface area is 118 Å². The van der Waals surface area contributed by atoms with E-state index in [0.29, 0.717) is 17.5 Å². The Balaban J connectivity index is 1.86. The summed E-state index contributed by atoms with van der Waals surface area (Å²) >= 11 is 5.06. The quantitative estimate of drug-likeness (QED) is 0.799. The Morgan fingerprint density at radius 1 is 1.58 bits per heavy atom. The van der Waals surface area contributed by atoms with Crippen molar-refractivity contribution in [3.63, 3.8) is 0 Å². The summed E-state index contributed by atoms with van der Waals surface area (Å²) in [4.78, 5) is 16.8. The average molecular weight is 277 g/mol. The van der Waals surface area contributed by atoms with Gasteiger partial charge in [0.25, 0.3) is 0 Å². The second kappa shape index (κ2) is 5.65. The summed E-state index contributed by atoms with van der Waals surface area (Å²) in [7, 11) is 0. The van der Waals surface area contributed by atoms with Gasteiger partial charge in [0.2, 0.25) is 5.91 Å². The molecule has 102 valence electrons.